The highest BCUT2D eigenvalue weighted by Gasteiger charge is 2.19. The van der Waals surface area contributed by atoms with E-state index < -0.39 is 17.2 Å². The van der Waals surface area contributed by atoms with Gasteiger partial charge in [-0.1, -0.05) is 43.2 Å². The second-order valence-electron chi connectivity index (χ2n) is 7.44. The molecule has 0 aliphatic carbocycles. The van der Waals surface area contributed by atoms with Crippen LogP contribution in [0.2, 0.25) is 0 Å². The first-order chi connectivity index (χ1) is 15.0. The molecule has 2 N–H and O–H groups in total. The summed E-state index contributed by atoms with van der Waals surface area (Å²) in [5, 5.41) is 5.52. The Labute approximate surface area is 181 Å². The zero-order valence-corrected chi connectivity index (χ0v) is 17.8. The van der Waals surface area contributed by atoms with Crippen LogP contribution in [0, 0.1) is 6.92 Å². The molecule has 1 aromatic carbocycles. The molecule has 0 bridgehead atoms. The smallest absolute Gasteiger partial charge is 0.257 e. The number of nitrogens with one attached hydrogen (secondary N) is 2. The normalized spacial score (nSPS) is 10.6. The molecule has 3 aromatic rings. The van der Waals surface area contributed by atoms with Crippen molar-refractivity contribution in [1.82, 2.24) is 15.2 Å². The van der Waals surface area contributed by atoms with Crippen molar-refractivity contribution in [2.24, 2.45) is 0 Å². The van der Waals surface area contributed by atoms with Crippen molar-refractivity contribution in [3.05, 3.63) is 93.3 Å². The highest BCUT2D eigenvalue weighted by Crippen LogP contribution is 2.07. The van der Waals surface area contributed by atoms with Crippen LogP contribution in [-0.4, -0.2) is 22.9 Å². The summed E-state index contributed by atoms with van der Waals surface area (Å²) >= 11 is 0. The number of carbonyl (C=O) groups excluding carboxylic acids is 2. The van der Waals surface area contributed by atoms with Crippen LogP contribution >= 0.6 is 0 Å². The number of nitrogens with zero attached hydrogens (tertiary/aromatic N) is 1. The number of pyridine rings is 1. The number of benzene rings is 1. The third-order valence-corrected chi connectivity index (χ3v) is 4.88. The van der Waals surface area contributed by atoms with Crippen LogP contribution in [-0.2, 0) is 13.1 Å². The van der Waals surface area contributed by atoms with E-state index in [4.69, 9.17) is 4.42 Å². The summed E-state index contributed by atoms with van der Waals surface area (Å²) in [5.74, 6) is -0.367. The van der Waals surface area contributed by atoms with Gasteiger partial charge in [0.05, 0.1) is 12.8 Å². The molecule has 0 aliphatic rings. The summed E-state index contributed by atoms with van der Waals surface area (Å²) in [6.45, 7) is 5.05. The van der Waals surface area contributed by atoms with Crippen molar-refractivity contribution < 1.29 is 14.0 Å². The Kier molecular flexibility index (Phi) is 7.43. The molecule has 0 saturated heterocycles. The topological polar surface area (TPSA) is 93.3 Å². The van der Waals surface area contributed by atoms with E-state index >= 15 is 0 Å². The number of rotatable bonds is 9. The molecule has 162 valence electrons. The van der Waals surface area contributed by atoms with Gasteiger partial charge in [-0.15, -0.1) is 0 Å². The van der Waals surface area contributed by atoms with E-state index in [9.17, 15) is 14.4 Å². The van der Waals surface area contributed by atoms with Gasteiger partial charge in [-0.2, -0.15) is 0 Å². The van der Waals surface area contributed by atoms with Gasteiger partial charge in [-0.3, -0.25) is 14.4 Å². The summed E-state index contributed by atoms with van der Waals surface area (Å²) in [6.07, 6.45) is 6.19. The molecule has 0 atom stereocenters. The largest absolute Gasteiger partial charge is 0.467 e. The van der Waals surface area contributed by atoms with Gasteiger partial charge >= 0.3 is 0 Å². The Morgan fingerprint density at radius 2 is 1.68 bits per heavy atom. The Morgan fingerprint density at radius 1 is 1.00 bits per heavy atom. The number of unbranched alkanes of at least 4 members (excludes halogenated alkanes) is 1. The van der Waals surface area contributed by atoms with Crippen LogP contribution in [0.4, 0.5) is 0 Å². The molecule has 31 heavy (non-hydrogen) atoms. The molecule has 3 rings (SSSR count). The van der Waals surface area contributed by atoms with Gasteiger partial charge in [-0.25, -0.2) is 0 Å². The summed E-state index contributed by atoms with van der Waals surface area (Å²) in [5.41, 5.74) is 1.31. The molecule has 7 heteroatoms. The molecule has 2 aromatic heterocycles. The van der Waals surface area contributed by atoms with Crippen molar-refractivity contribution in [3.8, 4) is 0 Å². The second-order valence-corrected chi connectivity index (χ2v) is 7.44. The average Bonchev–Trinajstić information content (AvgIpc) is 3.27. The summed E-state index contributed by atoms with van der Waals surface area (Å²) < 4.78 is 6.98. The number of aryl methyl sites for hydroxylation is 1. The van der Waals surface area contributed by atoms with Crippen LogP contribution in [0.3, 0.4) is 0 Å². The van der Waals surface area contributed by atoms with E-state index in [0.29, 0.717) is 18.8 Å². The van der Waals surface area contributed by atoms with Crippen LogP contribution in [0.1, 0.15) is 57.4 Å². The van der Waals surface area contributed by atoms with E-state index in [1.54, 1.807) is 23.0 Å². The fourth-order valence-electron chi connectivity index (χ4n) is 3.09. The van der Waals surface area contributed by atoms with Crippen LogP contribution in [0.5, 0.6) is 0 Å². The third kappa shape index (κ3) is 5.94. The van der Waals surface area contributed by atoms with Crippen molar-refractivity contribution in [2.45, 2.75) is 39.8 Å². The summed E-state index contributed by atoms with van der Waals surface area (Å²) in [4.78, 5) is 38.4. The molecule has 0 radical (unpaired) electrons. The monoisotopic (exact) mass is 421 g/mol. The Hall–Kier alpha value is -3.61. The van der Waals surface area contributed by atoms with Gasteiger partial charge in [0, 0.05) is 25.5 Å². The standard InChI is InChI=1S/C24H27N3O4/c1-3-4-11-25-23(29)20-15-27(14-19-6-5-12-31-19)16-21(22(20)28)24(30)26-13-18-9-7-17(2)8-10-18/h5-10,12,15-16H,3-4,11,13-14H2,1-2H3,(H,25,29)(H,26,30). The predicted octanol–water partition coefficient (Wildman–Crippen LogP) is 3.26. The first kappa shape index (κ1) is 22.1. The molecular weight excluding hydrogens is 394 g/mol. The minimum absolute atomic E-state index is 0.0642. The molecule has 7 nitrogen and oxygen atoms in total. The lowest BCUT2D eigenvalue weighted by molar-refractivity contribution is 0.0948. The number of hydrogen-bond acceptors (Lipinski definition) is 4. The van der Waals surface area contributed by atoms with Crippen molar-refractivity contribution >= 4 is 11.8 Å². The fraction of sp³-hybridized carbons (Fsp3) is 0.292. The molecule has 0 saturated carbocycles. The minimum atomic E-state index is -0.592. The zero-order chi connectivity index (χ0) is 22.2. The number of furan rings is 1. The third-order valence-electron chi connectivity index (χ3n) is 4.88. The molecule has 0 aliphatic heterocycles. The van der Waals surface area contributed by atoms with E-state index in [1.807, 2.05) is 38.1 Å². The highest BCUT2D eigenvalue weighted by atomic mass is 16.3. The van der Waals surface area contributed by atoms with Gasteiger partial charge < -0.3 is 19.6 Å². The second kappa shape index (κ2) is 10.4. The van der Waals surface area contributed by atoms with Gasteiger partial charge in [0.25, 0.3) is 11.8 Å². The van der Waals surface area contributed by atoms with E-state index in [0.717, 1.165) is 24.0 Å². The number of aromatic nitrogens is 1. The quantitative estimate of drug-likeness (QED) is 0.519. The van der Waals surface area contributed by atoms with E-state index in [1.165, 1.54) is 12.4 Å². The van der Waals surface area contributed by atoms with E-state index in [-0.39, 0.29) is 17.7 Å². The highest BCUT2D eigenvalue weighted by molar-refractivity contribution is 5.99. The van der Waals surface area contributed by atoms with E-state index in [2.05, 4.69) is 10.6 Å². The Bertz CT molecular complexity index is 1080. The lowest BCUT2D eigenvalue weighted by Gasteiger charge is -2.12. The zero-order valence-electron chi connectivity index (χ0n) is 17.8. The summed E-state index contributed by atoms with van der Waals surface area (Å²) in [7, 11) is 0. The van der Waals surface area contributed by atoms with Crippen LogP contribution < -0.4 is 16.1 Å². The Balaban J connectivity index is 1.86. The number of hydrogen-bond donors (Lipinski definition) is 2. The average molecular weight is 421 g/mol. The molecule has 0 spiro atoms. The minimum Gasteiger partial charge on any atom is -0.467 e. The number of carbonyl (C=O) groups is 2. The lowest BCUT2D eigenvalue weighted by Crippen LogP contribution is -2.35. The maximum Gasteiger partial charge on any atom is 0.257 e. The first-order valence-electron chi connectivity index (χ1n) is 10.4. The SMILES string of the molecule is CCCCNC(=O)c1cn(Cc2ccco2)cc(C(=O)NCc2ccc(C)cc2)c1=O. The Morgan fingerprint density at radius 3 is 2.29 bits per heavy atom. The molecular formula is C24H27N3O4. The van der Waals surface area contributed by atoms with Crippen LogP contribution in [0.25, 0.3) is 0 Å². The molecule has 0 fully saturated rings. The van der Waals surface area contributed by atoms with Gasteiger partial charge in [0.2, 0.25) is 5.43 Å². The maximum atomic E-state index is 12.9. The predicted molar refractivity (Wildman–Crippen MR) is 118 cm³/mol. The van der Waals surface area contributed by atoms with Gasteiger partial charge in [-0.05, 0) is 31.0 Å². The van der Waals surface area contributed by atoms with Crippen molar-refractivity contribution in [3.63, 3.8) is 0 Å². The van der Waals surface area contributed by atoms with Crippen LogP contribution in [0.15, 0.2) is 64.3 Å². The van der Waals surface area contributed by atoms with Crippen molar-refractivity contribution in [1.29, 1.82) is 0 Å². The molecule has 0 unspecified atom stereocenters. The lowest BCUT2D eigenvalue weighted by atomic mass is 10.1. The number of amides is 2. The molecule has 2 heterocycles. The van der Waals surface area contributed by atoms with Gasteiger partial charge in [0.1, 0.15) is 16.9 Å². The summed E-state index contributed by atoms with van der Waals surface area (Å²) in [6, 6.07) is 11.3. The first-order valence-corrected chi connectivity index (χ1v) is 10.4. The van der Waals surface area contributed by atoms with Crippen molar-refractivity contribution in [2.75, 3.05) is 6.54 Å². The molecule has 2 amide bonds. The maximum absolute atomic E-state index is 12.9. The van der Waals surface area contributed by atoms with Gasteiger partial charge in [0.15, 0.2) is 0 Å². The fourth-order valence-corrected chi connectivity index (χ4v) is 3.09.